The molecule has 9 nitrogen and oxygen atoms in total. The van der Waals surface area contributed by atoms with Gasteiger partial charge >= 0.3 is 12.1 Å². The van der Waals surface area contributed by atoms with Crippen molar-refractivity contribution in [2.24, 2.45) is 0 Å². The molecule has 0 bridgehead atoms. The summed E-state index contributed by atoms with van der Waals surface area (Å²) >= 11 is 0. The first kappa shape index (κ1) is 33.1. The van der Waals surface area contributed by atoms with E-state index in [0.29, 0.717) is 0 Å². The quantitative estimate of drug-likeness (QED) is 0.324. The second kappa shape index (κ2) is 14.7. The lowest BCUT2D eigenvalue weighted by molar-refractivity contribution is -0.146. The smallest absolute Gasteiger partial charge is 0.410 e. The van der Waals surface area contributed by atoms with Crippen LogP contribution in [0.4, 0.5) is 4.79 Å². The van der Waals surface area contributed by atoms with Gasteiger partial charge < -0.3 is 19.7 Å². The number of nitrogens with one attached hydrogen (secondary N) is 1. The number of ether oxygens (including phenoxy) is 2. The molecule has 43 heavy (non-hydrogen) atoms. The van der Waals surface area contributed by atoms with Crippen LogP contribution in [0.1, 0.15) is 45.7 Å². The Kier molecular flexibility index (Phi) is 11.3. The van der Waals surface area contributed by atoms with Gasteiger partial charge in [-0.3, -0.25) is 19.3 Å². The maximum absolute atomic E-state index is 14.3. The first-order valence-corrected chi connectivity index (χ1v) is 14.4. The molecule has 230 valence electrons. The molecule has 9 heteroatoms. The molecule has 0 saturated heterocycles. The number of carbonyl (C=O) groups is 4. The van der Waals surface area contributed by atoms with E-state index < -0.39 is 47.7 Å². The standard InChI is InChI=1S/C34H43N3O6/c1-23(42-24(2)38)22-35-31(39)29(20-25-13-9-8-10-14-25)36(6)32(40)30(37(7)33(41)43-34(3,4)5)21-26-17-18-27-15-11-12-16-28(27)19-26/h8-19,23,29-30H,20-22H2,1-7H3,(H,35,39)/t23?,29-,30-/m1/s1. The number of esters is 1. The molecule has 0 aliphatic rings. The Balaban J connectivity index is 1.94. The Hall–Kier alpha value is -4.40. The van der Waals surface area contributed by atoms with E-state index in [1.54, 1.807) is 41.8 Å². The van der Waals surface area contributed by atoms with Crippen LogP contribution in [0.15, 0.2) is 72.8 Å². The van der Waals surface area contributed by atoms with Crippen molar-refractivity contribution < 1.29 is 28.7 Å². The third-order valence-electron chi connectivity index (χ3n) is 7.00. The first-order valence-electron chi connectivity index (χ1n) is 14.4. The Bertz CT molecular complexity index is 1420. The highest BCUT2D eigenvalue weighted by molar-refractivity contribution is 5.92. The van der Waals surface area contributed by atoms with E-state index in [1.807, 2.05) is 72.8 Å². The summed E-state index contributed by atoms with van der Waals surface area (Å²) in [6.45, 7) is 8.37. The molecule has 0 aliphatic heterocycles. The predicted molar refractivity (Wildman–Crippen MR) is 166 cm³/mol. The molecule has 1 unspecified atom stereocenters. The normalized spacial score (nSPS) is 13.4. The number of fused-ring (bicyclic) bond motifs is 1. The summed E-state index contributed by atoms with van der Waals surface area (Å²) in [7, 11) is 3.11. The molecule has 3 aromatic carbocycles. The molecule has 0 heterocycles. The first-order chi connectivity index (χ1) is 20.2. The van der Waals surface area contributed by atoms with Gasteiger partial charge in [0, 0.05) is 33.9 Å². The lowest BCUT2D eigenvalue weighted by Gasteiger charge is -2.35. The van der Waals surface area contributed by atoms with Crippen LogP contribution >= 0.6 is 0 Å². The van der Waals surface area contributed by atoms with Gasteiger partial charge in [0.05, 0.1) is 6.54 Å². The van der Waals surface area contributed by atoms with Crippen molar-refractivity contribution in [1.82, 2.24) is 15.1 Å². The number of likely N-dealkylation sites (N-methyl/N-ethyl adjacent to an activating group) is 2. The lowest BCUT2D eigenvalue weighted by Crippen LogP contribution is -2.56. The predicted octanol–water partition coefficient (Wildman–Crippen LogP) is 4.76. The molecule has 3 aromatic rings. The minimum Gasteiger partial charge on any atom is -0.461 e. The fourth-order valence-electron chi connectivity index (χ4n) is 4.76. The van der Waals surface area contributed by atoms with Crippen LogP contribution in [0.5, 0.6) is 0 Å². The molecule has 1 N–H and O–H groups in total. The van der Waals surface area contributed by atoms with Gasteiger partial charge in [-0.15, -0.1) is 0 Å². The maximum Gasteiger partial charge on any atom is 0.410 e. The van der Waals surface area contributed by atoms with Gasteiger partial charge in [0.2, 0.25) is 11.8 Å². The highest BCUT2D eigenvalue weighted by atomic mass is 16.6. The van der Waals surface area contributed by atoms with Crippen molar-refractivity contribution in [1.29, 1.82) is 0 Å². The van der Waals surface area contributed by atoms with Crippen LogP contribution in [0.25, 0.3) is 10.8 Å². The minimum atomic E-state index is -0.952. The molecule has 0 radical (unpaired) electrons. The Labute approximate surface area is 254 Å². The van der Waals surface area contributed by atoms with Crippen molar-refractivity contribution in [3.63, 3.8) is 0 Å². The van der Waals surface area contributed by atoms with Gasteiger partial charge in [-0.1, -0.05) is 72.8 Å². The molecule has 3 rings (SSSR count). The van der Waals surface area contributed by atoms with Crippen LogP contribution in [-0.2, 0) is 36.7 Å². The Morgan fingerprint density at radius 2 is 1.40 bits per heavy atom. The SMILES string of the molecule is CC(=O)OC(C)CNC(=O)[C@@H](Cc1ccccc1)N(C)C(=O)[C@@H](Cc1ccc2ccccc2c1)N(C)C(=O)OC(C)(C)C. The number of hydrogen-bond acceptors (Lipinski definition) is 6. The second-order valence-corrected chi connectivity index (χ2v) is 11.8. The van der Waals surface area contributed by atoms with Crippen LogP contribution < -0.4 is 5.32 Å². The average molecular weight is 590 g/mol. The number of amides is 3. The summed E-state index contributed by atoms with van der Waals surface area (Å²) in [5.41, 5.74) is 0.962. The summed E-state index contributed by atoms with van der Waals surface area (Å²) in [4.78, 5) is 55.1. The van der Waals surface area contributed by atoms with Gasteiger partial charge in [-0.05, 0) is 49.6 Å². The van der Waals surface area contributed by atoms with E-state index >= 15 is 0 Å². The number of carbonyl (C=O) groups excluding carboxylic acids is 4. The van der Waals surface area contributed by atoms with Crippen molar-refractivity contribution in [2.75, 3.05) is 20.6 Å². The zero-order valence-electron chi connectivity index (χ0n) is 26.1. The Morgan fingerprint density at radius 3 is 2.02 bits per heavy atom. The molecule has 0 fully saturated rings. The average Bonchev–Trinajstić information content (AvgIpc) is 2.95. The summed E-state index contributed by atoms with van der Waals surface area (Å²) < 4.78 is 10.8. The van der Waals surface area contributed by atoms with Gasteiger partial charge in [-0.25, -0.2) is 4.79 Å². The third-order valence-corrected chi connectivity index (χ3v) is 7.00. The lowest BCUT2D eigenvalue weighted by atomic mass is 9.98. The monoisotopic (exact) mass is 589 g/mol. The summed E-state index contributed by atoms with van der Waals surface area (Å²) in [5.74, 6) is -1.26. The topological polar surface area (TPSA) is 105 Å². The molecule has 0 aliphatic carbocycles. The van der Waals surface area contributed by atoms with E-state index in [1.165, 1.54) is 16.7 Å². The maximum atomic E-state index is 14.3. The van der Waals surface area contributed by atoms with E-state index in [9.17, 15) is 19.2 Å². The van der Waals surface area contributed by atoms with Crippen LogP contribution in [0, 0.1) is 0 Å². The third kappa shape index (κ3) is 9.84. The summed E-state index contributed by atoms with van der Waals surface area (Å²) in [6, 6.07) is 21.4. The van der Waals surface area contributed by atoms with E-state index in [4.69, 9.17) is 9.47 Å². The van der Waals surface area contributed by atoms with Crippen LogP contribution in [0.2, 0.25) is 0 Å². The number of nitrogens with zero attached hydrogens (tertiary/aromatic N) is 2. The van der Waals surface area contributed by atoms with Gasteiger partial charge in [0.15, 0.2) is 0 Å². The van der Waals surface area contributed by atoms with Crippen molar-refractivity contribution in [2.45, 2.75) is 71.2 Å². The van der Waals surface area contributed by atoms with E-state index in [0.717, 1.165) is 21.9 Å². The molecular formula is C34H43N3O6. The second-order valence-electron chi connectivity index (χ2n) is 11.8. The van der Waals surface area contributed by atoms with E-state index in [-0.39, 0.29) is 19.4 Å². The van der Waals surface area contributed by atoms with Gasteiger partial charge in [0.25, 0.3) is 0 Å². The zero-order chi connectivity index (χ0) is 31.7. The fraction of sp³-hybridized carbons (Fsp3) is 0.412. The van der Waals surface area contributed by atoms with Crippen LogP contribution in [-0.4, -0.2) is 78.1 Å². The highest BCUT2D eigenvalue weighted by Crippen LogP contribution is 2.21. The zero-order valence-corrected chi connectivity index (χ0v) is 26.1. The highest BCUT2D eigenvalue weighted by Gasteiger charge is 2.36. The minimum absolute atomic E-state index is 0.0874. The van der Waals surface area contributed by atoms with Gasteiger partial charge in [0.1, 0.15) is 23.8 Å². The molecule has 0 saturated carbocycles. The Morgan fingerprint density at radius 1 is 0.791 bits per heavy atom. The number of hydrogen-bond donors (Lipinski definition) is 1. The number of benzene rings is 3. The molecule has 3 atom stereocenters. The van der Waals surface area contributed by atoms with Crippen LogP contribution in [0.3, 0.4) is 0 Å². The summed E-state index contributed by atoms with van der Waals surface area (Å²) in [5, 5.41) is 4.90. The number of rotatable bonds is 11. The van der Waals surface area contributed by atoms with Gasteiger partial charge in [-0.2, -0.15) is 0 Å². The largest absolute Gasteiger partial charge is 0.461 e. The molecule has 0 spiro atoms. The fourth-order valence-corrected chi connectivity index (χ4v) is 4.76. The summed E-state index contributed by atoms with van der Waals surface area (Å²) in [6.07, 6.45) is -0.721. The van der Waals surface area contributed by atoms with Crippen molar-refractivity contribution >= 4 is 34.6 Å². The van der Waals surface area contributed by atoms with Crippen molar-refractivity contribution in [3.05, 3.63) is 83.9 Å². The molecule has 0 aromatic heterocycles. The molecular weight excluding hydrogens is 546 g/mol. The van der Waals surface area contributed by atoms with E-state index in [2.05, 4.69) is 5.32 Å². The van der Waals surface area contributed by atoms with Crippen molar-refractivity contribution in [3.8, 4) is 0 Å². The molecule has 3 amide bonds.